The minimum atomic E-state index is -0.374. The number of carbonyl (C=O) groups excluding carboxylic acids is 1. The van der Waals surface area contributed by atoms with Crippen LogP contribution in [-0.2, 0) is 4.79 Å². The molecule has 178 valence electrons. The maximum Gasteiger partial charge on any atom is 0.220 e. The van der Waals surface area contributed by atoms with Gasteiger partial charge < -0.3 is 26.4 Å². The Kier molecular flexibility index (Phi) is 6.50. The van der Waals surface area contributed by atoms with Crippen LogP contribution >= 0.6 is 0 Å². The lowest BCUT2D eigenvalue weighted by Gasteiger charge is -2.63. The molecule has 0 aromatic rings. The van der Waals surface area contributed by atoms with Crippen molar-refractivity contribution in [1.29, 1.82) is 0 Å². The van der Waals surface area contributed by atoms with Crippen LogP contribution in [-0.4, -0.2) is 46.2 Å². The smallest absolute Gasteiger partial charge is 0.220 e. The summed E-state index contributed by atoms with van der Waals surface area (Å²) in [7, 11) is 0. The Bertz CT molecular complexity index is 674. The van der Waals surface area contributed by atoms with E-state index in [1.54, 1.807) is 0 Å². The zero-order valence-corrected chi connectivity index (χ0v) is 19.6. The van der Waals surface area contributed by atoms with E-state index < -0.39 is 0 Å². The lowest BCUT2D eigenvalue weighted by molar-refractivity contribution is -0.207. The van der Waals surface area contributed by atoms with Crippen LogP contribution in [0.4, 0.5) is 0 Å². The zero-order chi connectivity index (χ0) is 22.6. The largest absolute Gasteiger partial charge is 0.393 e. The Labute approximate surface area is 187 Å². The topological polar surface area (TPSA) is 116 Å². The SMILES string of the molecule is CC(CCC(=O)NCN)[C@H]1CC[C@H]2[C@@H]3[C@H](O)C[C@@H]4C[C@H](O)CC[C@]4(C)[C@H]3C[C@H](O)[C@]12C. The van der Waals surface area contributed by atoms with Crippen LogP contribution in [0.2, 0.25) is 0 Å². The standard InChI is InChI=1S/C25H44N2O4/c1-14(4-7-22(31)27-13-26)17-5-6-18-23-19(12-21(30)25(17,18)3)24(2)9-8-16(28)10-15(24)11-20(23)29/h14-21,23,28-30H,4-13,26H2,1-3H3,(H,27,31)/t14?,15-,16+,17+,18-,19-,20+,21-,23-,24-,25+/m0/s1. The highest BCUT2D eigenvalue weighted by molar-refractivity contribution is 5.75. The van der Waals surface area contributed by atoms with Crippen LogP contribution in [0, 0.1) is 46.3 Å². The highest BCUT2D eigenvalue weighted by atomic mass is 16.3. The first-order chi connectivity index (χ1) is 14.6. The summed E-state index contributed by atoms with van der Waals surface area (Å²) in [5, 5.41) is 35.8. The summed E-state index contributed by atoms with van der Waals surface area (Å²) in [5.74, 6) is 1.95. The molecule has 4 aliphatic carbocycles. The molecule has 31 heavy (non-hydrogen) atoms. The second kappa shape index (κ2) is 8.58. The molecule has 0 bridgehead atoms. The molecule has 0 radical (unpaired) electrons. The fourth-order valence-corrected chi connectivity index (χ4v) is 8.89. The van der Waals surface area contributed by atoms with Gasteiger partial charge in [0.2, 0.25) is 5.91 Å². The minimum Gasteiger partial charge on any atom is -0.393 e. The summed E-state index contributed by atoms with van der Waals surface area (Å²) < 4.78 is 0. The predicted molar refractivity (Wildman–Crippen MR) is 120 cm³/mol. The van der Waals surface area contributed by atoms with Crippen LogP contribution in [0.15, 0.2) is 0 Å². The first-order valence-corrected chi connectivity index (χ1v) is 12.6. The van der Waals surface area contributed by atoms with E-state index in [4.69, 9.17) is 5.73 Å². The molecule has 4 fully saturated rings. The van der Waals surface area contributed by atoms with Crippen molar-refractivity contribution in [1.82, 2.24) is 5.32 Å². The molecule has 0 spiro atoms. The van der Waals surface area contributed by atoms with Crippen molar-refractivity contribution in [3.05, 3.63) is 0 Å². The summed E-state index contributed by atoms with van der Waals surface area (Å²) in [4.78, 5) is 11.9. The fraction of sp³-hybridized carbons (Fsp3) is 0.960. The van der Waals surface area contributed by atoms with Gasteiger partial charge in [0.25, 0.3) is 0 Å². The molecule has 0 saturated heterocycles. The van der Waals surface area contributed by atoms with E-state index in [-0.39, 0.29) is 47.6 Å². The highest BCUT2D eigenvalue weighted by Crippen LogP contribution is 2.68. The zero-order valence-electron chi connectivity index (χ0n) is 19.6. The molecule has 0 aromatic carbocycles. The number of hydrogen-bond donors (Lipinski definition) is 5. The number of hydrogen-bond acceptors (Lipinski definition) is 5. The van der Waals surface area contributed by atoms with Crippen molar-refractivity contribution in [2.75, 3.05) is 6.67 Å². The van der Waals surface area contributed by atoms with Gasteiger partial charge in [-0.1, -0.05) is 20.8 Å². The molecule has 6 N–H and O–H groups in total. The van der Waals surface area contributed by atoms with E-state index >= 15 is 0 Å². The Morgan fingerprint density at radius 2 is 1.84 bits per heavy atom. The summed E-state index contributed by atoms with van der Waals surface area (Å²) in [6.07, 6.45) is 6.62. The Morgan fingerprint density at radius 1 is 1.10 bits per heavy atom. The molecule has 4 aliphatic rings. The van der Waals surface area contributed by atoms with E-state index in [1.165, 1.54) is 0 Å². The molecular formula is C25H44N2O4. The molecule has 0 heterocycles. The number of rotatable bonds is 5. The molecule has 11 atom stereocenters. The van der Waals surface area contributed by atoms with Gasteiger partial charge >= 0.3 is 0 Å². The number of nitrogens with one attached hydrogen (secondary N) is 1. The van der Waals surface area contributed by atoms with Crippen LogP contribution in [0.25, 0.3) is 0 Å². The third-order valence-corrected chi connectivity index (χ3v) is 10.6. The van der Waals surface area contributed by atoms with Gasteiger partial charge in [0, 0.05) is 6.42 Å². The summed E-state index contributed by atoms with van der Waals surface area (Å²) >= 11 is 0. The third-order valence-electron chi connectivity index (χ3n) is 10.6. The van der Waals surface area contributed by atoms with Gasteiger partial charge in [0.05, 0.1) is 25.0 Å². The number of fused-ring (bicyclic) bond motifs is 5. The van der Waals surface area contributed by atoms with Crippen LogP contribution in [0.5, 0.6) is 0 Å². The Balaban J connectivity index is 1.54. The lowest BCUT2D eigenvalue weighted by atomic mass is 9.43. The average molecular weight is 437 g/mol. The normalized spacial score (nSPS) is 50.2. The molecule has 6 nitrogen and oxygen atoms in total. The molecule has 6 heteroatoms. The quantitative estimate of drug-likeness (QED) is 0.425. The van der Waals surface area contributed by atoms with Crippen molar-refractivity contribution < 1.29 is 20.1 Å². The monoisotopic (exact) mass is 436 g/mol. The molecule has 1 amide bonds. The second-order valence-corrected chi connectivity index (χ2v) is 11.8. The van der Waals surface area contributed by atoms with Crippen molar-refractivity contribution in [2.24, 2.45) is 52.1 Å². The van der Waals surface area contributed by atoms with E-state index in [9.17, 15) is 20.1 Å². The molecule has 1 unspecified atom stereocenters. The van der Waals surface area contributed by atoms with Crippen LogP contribution in [0.3, 0.4) is 0 Å². The maximum absolute atomic E-state index is 11.9. The number of nitrogens with two attached hydrogens (primary N) is 1. The van der Waals surface area contributed by atoms with Gasteiger partial charge in [-0.05, 0) is 97.7 Å². The Hall–Kier alpha value is -0.690. The van der Waals surface area contributed by atoms with E-state index in [2.05, 4.69) is 26.1 Å². The number of aliphatic hydroxyl groups is 3. The third kappa shape index (κ3) is 3.75. The molecule has 4 rings (SSSR count). The second-order valence-electron chi connectivity index (χ2n) is 11.8. The number of aliphatic hydroxyl groups excluding tert-OH is 3. The van der Waals surface area contributed by atoms with Gasteiger partial charge in [-0.25, -0.2) is 0 Å². The summed E-state index contributed by atoms with van der Waals surface area (Å²) in [6.45, 7) is 7.03. The first-order valence-electron chi connectivity index (χ1n) is 12.6. The van der Waals surface area contributed by atoms with Gasteiger partial charge in [-0.2, -0.15) is 0 Å². The number of amides is 1. The minimum absolute atomic E-state index is 0.000498. The van der Waals surface area contributed by atoms with Gasteiger partial charge in [-0.3, -0.25) is 4.79 Å². The lowest BCUT2D eigenvalue weighted by Crippen LogP contribution is -2.62. The van der Waals surface area contributed by atoms with Crippen molar-refractivity contribution in [2.45, 2.75) is 96.9 Å². The van der Waals surface area contributed by atoms with E-state index in [0.29, 0.717) is 36.0 Å². The fourth-order valence-electron chi connectivity index (χ4n) is 8.89. The van der Waals surface area contributed by atoms with Gasteiger partial charge in [0.1, 0.15) is 0 Å². The van der Waals surface area contributed by atoms with E-state index in [0.717, 1.165) is 51.4 Å². The highest BCUT2D eigenvalue weighted by Gasteiger charge is 2.65. The molecular weight excluding hydrogens is 392 g/mol. The van der Waals surface area contributed by atoms with Crippen molar-refractivity contribution >= 4 is 5.91 Å². The average Bonchev–Trinajstić information content (AvgIpc) is 3.07. The summed E-state index contributed by atoms with van der Waals surface area (Å²) in [5.41, 5.74) is 5.32. The molecule has 0 aliphatic heterocycles. The van der Waals surface area contributed by atoms with Gasteiger partial charge in [-0.15, -0.1) is 0 Å². The Morgan fingerprint density at radius 3 is 2.55 bits per heavy atom. The first kappa shape index (κ1) is 23.5. The van der Waals surface area contributed by atoms with Gasteiger partial charge in [0.15, 0.2) is 0 Å². The molecule has 4 saturated carbocycles. The number of carbonyl (C=O) groups is 1. The summed E-state index contributed by atoms with van der Waals surface area (Å²) in [6, 6.07) is 0. The van der Waals surface area contributed by atoms with E-state index in [1.807, 2.05) is 0 Å². The van der Waals surface area contributed by atoms with Crippen LogP contribution in [0.1, 0.15) is 78.6 Å². The predicted octanol–water partition coefficient (Wildman–Crippen LogP) is 2.40. The maximum atomic E-state index is 11.9. The van der Waals surface area contributed by atoms with Crippen molar-refractivity contribution in [3.8, 4) is 0 Å². The molecule has 0 aromatic heterocycles. The van der Waals surface area contributed by atoms with Crippen molar-refractivity contribution in [3.63, 3.8) is 0 Å². The van der Waals surface area contributed by atoms with Crippen LogP contribution < -0.4 is 11.1 Å².